The first-order valence-electron chi connectivity index (χ1n) is 4.84. The van der Waals surface area contributed by atoms with E-state index in [1.165, 1.54) is 12.1 Å². The average Bonchev–Trinajstić information content (AvgIpc) is 2.23. The van der Waals surface area contributed by atoms with Gasteiger partial charge < -0.3 is 10.5 Å². The summed E-state index contributed by atoms with van der Waals surface area (Å²) in [5.41, 5.74) is 5.20. The smallest absolute Gasteiger partial charge is 0.434 e. The third kappa shape index (κ3) is 4.17. The van der Waals surface area contributed by atoms with Gasteiger partial charge in [-0.05, 0) is 12.1 Å². The second-order valence-corrected chi connectivity index (χ2v) is 3.97. The quantitative estimate of drug-likeness (QED) is 0.865. The first-order valence-corrected chi connectivity index (χ1v) is 5.22. The fraction of sp³-hybridized carbons (Fsp3) is 0.400. The van der Waals surface area contributed by atoms with E-state index >= 15 is 0 Å². The molecule has 2 N–H and O–H groups in total. The molecule has 0 unspecified atom stereocenters. The van der Waals surface area contributed by atoms with Crippen LogP contribution in [-0.4, -0.2) is 18.5 Å². The van der Waals surface area contributed by atoms with Crippen molar-refractivity contribution in [1.82, 2.24) is 0 Å². The van der Waals surface area contributed by atoms with Gasteiger partial charge in [-0.1, -0.05) is 17.7 Å². The summed E-state index contributed by atoms with van der Waals surface area (Å²) in [5, 5.41) is -0.0599. The molecule has 1 aromatic carbocycles. The minimum absolute atomic E-state index is 0.0112. The molecular weight excluding hydrogens is 300 g/mol. The topological polar surface area (TPSA) is 35.2 Å². The molecule has 0 radical (unpaired) electrons. The van der Waals surface area contributed by atoms with Crippen molar-refractivity contribution < 1.29 is 31.1 Å². The zero-order valence-electron chi connectivity index (χ0n) is 9.15. The van der Waals surface area contributed by atoms with E-state index in [1.54, 1.807) is 0 Å². The van der Waals surface area contributed by atoms with Crippen LogP contribution in [-0.2, 0) is 6.54 Å². The van der Waals surface area contributed by atoms with Gasteiger partial charge in [0.05, 0.1) is 0 Å². The summed E-state index contributed by atoms with van der Waals surface area (Å²) in [6, 6.07) is 3.34. The number of nitrogens with two attached hydrogens (primary N) is 1. The van der Waals surface area contributed by atoms with Crippen molar-refractivity contribution in [2.75, 3.05) is 0 Å². The lowest BCUT2D eigenvalue weighted by atomic mass is 10.2. The molecule has 0 aliphatic rings. The van der Waals surface area contributed by atoms with Gasteiger partial charge in [-0.3, -0.25) is 0 Å². The maximum atomic E-state index is 12.3. The first kappa shape index (κ1) is 15.9. The molecule has 1 aromatic rings. The summed E-state index contributed by atoms with van der Waals surface area (Å²) in [7, 11) is 0. The van der Waals surface area contributed by atoms with Crippen LogP contribution in [0.2, 0.25) is 5.02 Å². The lowest BCUT2D eigenvalue weighted by Crippen LogP contribution is -2.46. The van der Waals surface area contributed by atoms with E-state index in [4.69, 9.17) is 17.3 Å². The third-order valence-electron chi connectivity index (χ3n) is 2.09. The Hall–Kier alpha value is -1.15. The van der Waals surface area contributed by atoms with Gasteiger partial charge >= 0.3 is 12.4 Å². The van der Waals surface area contributed by atoms with E-state index < -0.39 is 24.2 Å². The minimum Gasteiger partial charge on any atom is -0.471 e. The van der Waals surface area contributed by atoms with Gasteiger partial charge in [-0.15, -0.1) is 0 Å². The van der Waals surface area contributed by atoms with Gasteiger partial charge in [0, 0.05) is 17.1 Å². The number of ether oxygens (including phenoxy) is 1. The summed E-state index contributed by atoms with van der Waals surface area (Å²) in [4.78, 5) is 0. The van der Waals surface area contributed by atoms with Gasteiger partial charge in [0.25, 0.3) is 6.10 Å². The highest BCUT2D eigenvalue weighted by Crippen LogP contribution is 2.37. The summed E-state index contributed by atoms with van der Waals surface area (Å²) in [5.74, 6) is -0.644. The largest absolute Gasteiger partial charge is 0.471 e. The fourth-order valence-electron chi connectivity index (χ4n) is 1.25. The number of hydrogen-bond donors (Lipinski definition) is 1. The Balaban J connectivity index is 3.14. The van der Waals surface area contributed by atoms with Crippen LogP contribution in [0.15, 0.2) is 18.2 Å². The van der Waals surface area contributed by atoms with Gasteiger partial charge in [-0.2, -0.15) is 26.3 Å². The van der Waals surface area contributed by atoms with Crippen LogP contribution >= 0.6 is 11.6 Å². The van der Waals surface area contributed by atoms with E-state index in [0.29, 0.717) is 0 Å². The minimum atomic E-state index is -5.59. The number of alkyl halides is 6. The van der Waals surface area contributed by atoms with Gasteiger partial charge in [0.1, 0.15) is 5.75 Å². The normalized spacial score (nSPS) is 12.9. The van der Waals surface area contributed by atoms with E-state index in [1.807, 2.05) is 0 Å². The van der Waals surface area contributed by atoms with Crippen molar-refractivity contribution >= 4 is 11.6 Å². The molecule has 0 aliphatic heterocycles. The maximum absolute atomic E-state index is 12.3. The molecule has 108 valence electrons. The standard InChI is InChI=1S/C10H8ClF6NO/c11-6-2-1-5(4-18)7(3-6)19-8(9(12,13)14)10(15,16)17/h1-3,8H,4,18H2. The predicted molar refractivity (Wildman–Crippen MR) is 55.9 cm³/mol. The highest BCUT2D eigenvalue weighted by atomic mass is 35.5. The Morgan fingerprint density at radius 2 is 1.63 bits per heavy atom. The molecule has 2 nitrogen and oxygen atoms in total. The molecule has 9 heteroatoms. The second-order valence-electron chi connectivity index (χ2n) is 3.54. The SMILES string of the molecule is NCc1ccc(Cl)cc1OC(C(F)(F)F)C(F)(F)F. The second kappa shape index (κ2) is 5.46. The predicted octanol–water partition coefficient (Wildman–Crippen LogP) is 3.67. The lowest BCUT2D eigenvalue weighted by molar-refractivity contribution is -0.300. The third-order valence-corrected chi connectivity index (χ3v) is 2.32. The Morgan fingerprint density at radius 1 is 1.11 bits per heavy atom. The maximum Gasteiger partial charge on any atom is 0.434 e. The fourth-order valence-corrected chi connectivity index (χ4v) is 1.41. The van der Waals surface area contributed by atoms with Crippen LogP contribution in [0.4, 0.5) is 26.3 Å². The van der Waals surface area contributed by atoms with E-state index in [-0.39, 0.29) is 17.1 Å². The Labute approximate surface area is 109 Å². The van der Waals surface area contributed by atoms with E-state index in [0.717, 1.165) is 6.07 Å². The Kier molecular flexibility index (Phi) is 4.57. The molecule has 0 heterocycles. The summed E-state index contributed by atoms with van der Waals surface area (Å²) in [6.07, 6.45) is -15.1. The Bertz CT molecular complexity index is 431. The molecule has 0 atom stereocenters. The molecular formula is C10H8ClF6NO. The number of hydrogen-bond acceptors (Lipinski definition) is 2. The van der Waals surface area contributed by atoms with Gasteiger partial charge in [0.15, 0.2) is 0 Å². The first-order chi connectivity index (χ1) is 8.55. The van der Waals surface area contributed by atoms with E-state index in [9.17, 15) is 26.3 Å². The zero-order chi connectivity index (χ0) is 14.8. The van der Waals surface area contributed by atoms with Crippen LogP contribution in [0.5, 0.6) is 5.75 Å². The zero-order valence-corrected chi connectivity index (χ0v) is 9.90. The number of rotatable bonds is 3. The van der Waals surface area contributed by atoms with Crippen LogP contribution in [0.1, 0.15) is 5.56 Å². The van der Waals surface area contributed by atoms with Crippen molar-refractivity contribution in [1.29, 1.82) is 0 Å². The molecule has 0 saturated carbocycles. The van der Waals surface area contributed by atoms with E-state index in [2.05, 4.69) is 4.74 Å². The molecule has 0 saturated heterocycles. The summed E-state index contributed by atoms with van der Waals surface area (Å²) < 4.78 is 78.0. The molecule has 0 aromatic heterocycles. The van der Waals surface area contributed by atoms with Crippen molar-refractivity contribution in [2.45, 2.75) is 25.0 Å². The van der Waals surface area contributed by atoms with Crippen molar-refractivity contribution in [3.8, 4) is 5.75 Å². The molecule has 0 aliphatic carbocycles. The lowest BCUT2D eigenvalue weighted by Gasteiger charge is -2.25. The van der Waals surface area contributed by atoms with Crippen LogP contribution in [0.25, 0.3) is 0 Å². The molecule has 1 rings (SSSR count). The molecule has 0 amide bonds. The monoisotopic (exact) mass is 307 g/mol. The molecule has 0 fully saturated rings. The highest BCUT2D eigenvalue weighted by molar-refractivity contribution is 6.30. The summed E-state index contributed by atoms with van der Waals surface area (Å²) >= 11 is 5.50. The highest BCUT2D eigenvalue weighted by Gasteiger charge is 2.59. The van der Waals surface area contributed by atoms with Crippen LogP contribution < -0.4 is 10.5 Å². The van der Waals surface area contributed by atoms with Crippen LogP contribution in [0, 0.1) is 0 Å². The molecule has 0 bridgehead atoms. The number of benzene rings is 1. The Morgan fingerprint density at radius 3 is 2.05 bits per heavy atom. The van der Waals surface area contributed by atoms with Gasteiger partial charge in [0.2, 0.25) is 0 Å². The van der Waals surface area contributed by atoms with Crippen molar-refractivity contribution in [3.63, 3.8) is 0 Å². The summed E-state index contributed by atoms with van der Waals surface area (Å²) in [6.45, 7) is -0.283. The van der Waals surface area contributed by atoms with Crippen molar-refractivity contribution in [3.05, 3.63) is 28.8 Å². The van der Waals surface area contributed by atoms with Crippen molar-refractivity contribution in [2.24, 2.45) is 5.73 Å². The van der Waals surface area contributed by atoms with Crippen LogP contribution in [0.3, 0.4) is 0 Å². The van der Waals surface area contributed by atoms with Gasteiger partial charge in [-0.25, -0.2) is 0 Å². The molecule has 0 spiro atoms. The molecule has 19 heavy (non-hydrogen) atoms. The average molecular weight is 308 g/mol. The number of halogens is 7.